The van der Waals surface area contributed by atoms with Crippen molar-refractivity contribution in [3.8, 4) is 0 Å². The molecule has 4 heteroatoms. The van der Waals surface area contributed by atoms with Gasteiger partial charge in [0.1, 0.15) is 0 Å². The Morgan fingerprint density at radius 1 is 1.00 bits per heavy atom. The Hall–Kier alpha value is -0.610. The fourth-order valence-corrected chi connectivity index (χ4v) is 8.73. The molecule has 0 aliphatic heterocycles. The van der Waals surface area contributed by atoms with Gasteiger partial charge in [-0.15, -0.1) is 0 Å². The SMILES string of the molecule is C[C@H](CCC(=O)O)[C@H]1CCC2C3C(CC[C@@]21C)[C@@]1(C)CC[C@H](O)C[C@H]1C[C@H]3O. The molecule has 4 fully saturated rings. The molecule has 4 rings (SSSR count). The van der Waals surface area contributed by atoms with Gasteiger partial charge >= 0.3 is 5.97 Å². The average Bonchev–Trinajstić information content (AvgIpc) is 2.98. The molecule has 4 nitrogen and oxygen atoms in total. The summed E-state index contributed by atoms with van der Waals surface area (Å²) in [7, 11) is 0. The van der Waals surface area contributed by atoms with Crippen molar-refractivity contribution in [1.82, 2.24) is 0 Å². The summed E-state index contributed by atoms with van der Waals surface area (Å²) < 4.78 is 0. The molecule has 0 aromatic rings. The molecule has 4 aliphatic carbocycles. The summed E-state index contributed by atoms with van der Waals surface area (Å²) in [5.41, 5.74) is 0.523. The van der Waals surface area contributed by atoms with Crippen molar-refractivity contribution in [3.05, 3.63) is 0 Å². The van der Waals surface area contributed by atoms with E-state index in [4.69, 9.17) is 5.11 Å². The van der Waals surface area contributed by atoms with Crippen LogP contribution in [0.3, 0.4) is 0 Å². The smallest absolute Gasteiger partial charge is 0.303 e. The van der Waals surface area contributed by atoms with Gasteiger partial charge in [-0.3, -0.25) is 4.79 Å². The minimum atomic E-state index is -0.684. The lowest BCUT2D eigenvalue weighted by Crippen LogP contribution is -2.58. The molecule has 28 heavy (non-hydrogen) atoms. The Morgan fingerprint density at radius 3 is 2.39 bits per heavy atom. The third-order valence-corrected chi connectivity index (χ3v) is 10.2. The maximum atomic E-state index is 11.2. The highest BCUT2D eigenvalue weighted by atomic mass is 16.4. The van der Waals surface area contributed by atoms with E-state index in [1.165, 1.54) is 25.7 Å². The van der Waals surface area contributed by atoms with E-state index in [0.29, 0.717) is 35.5 Å². The number of carbonyl (C=O) groups is 1. The Labute approximate surface area is 170 Å². The van der Waals surface area contributed by atoms with Crippen LogP contribution < -0.4 is 0 Å². The molecular weight excluding hydrogens is 352 g/mol. The van der Waals surface area contributed by atoms with Crippen molar-refractivity contribution in [2.45, 2.75) is 97.2 Å². The number of hydrogen-bond acceptors (Lipinski definition) is 3. The van der Waals surface area contributed by atoms with E-state index in [9.17, 15) is 15.0 Å². The van der Waals surface area contributed by atoms with Gasteiger partial charge in [-0.1, -0.05) is 20.8 Å². The second-order valence-electron chi connectivity index (χ2n) is 11.4. The topological polar surface area (TPSA) is 77.8 Å². The van der Waals surface area contributed by atoms with Crippen LogP contribution in [-0.2, 0) is 4.79 Å². The van der Waals surface area contributed by atoms with Crippen molar-refractivity contribution < 1.29 is 20.1 Å². The molecule has 4 saturated carbocycles. The van der Waals surface area contributed by atoms with Crippen LogP contribution in [-0.4, -0.2) is 33.5 Å². The van der Waals surface area contributed by atoms with E-state index in [2.05, 4.69) is 20.8 Å². The first-order valence-corrected chi connectivity index (χ1v) is 11.7. The van der Waals surface area contributed by atoms with Crippen molar-refractivity contribution in [1.29, 1.82) is 0 Å². The Bertz CT molecular complexity index is 605. The van der Waals surface area contributed by atoms with Gasteiger partial charge in [-0.2, -0.15) is 0 Å². The summed E-state index contributed by atoms with van der Waals surface area (Å²) in [6.07, 6.45) is 9.19. The quantitative estimate of drug-likeness (QED) is 0.659. The molecule has 4 aliphatic rings. The van der Waals surface area contributed by atoms with Crippen molar-refractivity contribution >= 4 is 5.97 Å². The third-order valence-electron chi connectivity index (χ3n) is 10.2. The monoisotopic (exact) mass is 392 g/mol. The maximum Gasteiger partial charge on any atom is 0.303 e. The lowest BCUT2D eigenvalue weighted by atomic mass is 9.43. The van der Waals surface area contributed by atoms with Crippen LogP contribution in [0.2, 0.25) is 0 Å². The summed E-state index contributed by atoms with van der Waals surface area (Å²) in [5.74, 6) is 2.36. The van der Waals surface area contributed by atoms with Gasteiger partial charge in [-0.05, 0) is 104 Å². The predicted octanol–water partition coefficient (Wildman–Crippen LogP) is 4.48. The van der Waals surface area contributed by atoms with Crippen LogP contribution in [0.5, 0.6) is 0 Å². The summed E-state index contributed by atoms with van der Waals surface area (Å²) in [6, 6.07) is 0. The fraction of sp³-hybridized carbons (Fsp3) is 0.958. The number of aliphatic hydroxyl groups excluding tert-OH is 2. The number of rotatable bonds is 4. The zero-order valence-corrected chi connectivity index (χ0v) is 17.9. The fourth-order valence-electron chi connectivity index (χ4n) is 8.73. The first kappa shape index (κ1) is 20.7. The number of carboxylic acids is 1. The minimum Gasteiger partial charge on any atom is -0.481 e. The van der Waals surface area contributed by atoms with Crippen LogP contribution in [0, 0.1) is 46.3 Å². The zero-order valence-electron chi connectivity index (χ0n) is 17.9. The molecule has 3 unspecified atom stereocenters. The average molecular weight is 393 g/mol. The Balaban J connectivity index is 1.55. The van der Waals surface area contributed by atoms with Crippen molar-refractivity contribution in [3.63, 3.8) is 0 Å². The largest absolute Gasteiger partial charge is 0.481 e. The molecule has 0 radical (unpaired) electrons. The second-order valence-corrected chi connectivity index (χ2v) is 11.4. The predicted molar refractivity (Wildman–Crippen MR) is 109 cm³/mol. The Kier molecular flexibility index (Phi) is 5.36. The van der Waals surface area contributed by atoms with E-state index in [1.54, 1.807) is 0 Å². The van der Waals surface area contributed by atoms with Crippen molar-refractivity contribution in [2.75, 3.05) is 0 Å². The second kappa shape index (κ2) is 7.27. The highest BCUT2D eigenvalue weighted by molar-refractivity contribution is 5.66. The van der Waals surface area contributed by atoms with Gasteiger partial charge in [0.15, 0.2) is 0 Å². The highest BCUT2D eigenvalue weighted by Crippen LogP contribution is 2.68. The molecule has 160 valence electrons. The first-order chi connectivity index (χ1) is 13.2. The van der Waals surface area contributed by atoms with Crippen molar-refractivity contribution in [2.24, 2.45) is 46.3 Å². The van der Waals surface area contributed by atoms with Crippen LogP contribution in [0.1, 0.15) is 85.0 Å². The van der Waals surface area contributed by atoms with Gasteiger partial charge in [0.2, 0.25) is 0 Å². The molecule has 0 bridgehead atoms. The summed E-state index contributed by atoms with van der Waals surface area (Å²) in [5, 5.41) is 30.5. The van der Waals surface area contributed by atoms with Gasteiger partial charge in [0.25, 0.3) is 0 Å². The van der Waals surface area contributed by atoms with E-state index in [1.807, 2.05) is 0 Å². The minimum absolute atomic E-state index is 0.179. The standard InChI is InChI=1S/C24H40O4/c1-14(4-7-21(27)28)17-5-6-18-22-19(9-11-24(17,18)3)23(2)10-8-16(25)12-15(23)13-20(22)26/h14-20,22,25-26H,4-13H2,1-3H3,(H,27,28)/t14-,15+,16+,17-,18?,19?,20-,22?,23+,24-/m1/s1. The van der Waals surface area contributed by atoms with Crippen LogP contribution in [0.15, 0.2) is 0 Å². The van der Waals surface area contributed by atoms with Gasteiger partial charge in [0, 0.05) is 6.42 Å². The zero-order chi connectivity index (χ0) is 20.3. The summed E-state index contributed by atoms with van der Waals surface area (Å²) >= 11 is 0. The van der Waals surface area contributed by atoms with E-state index < -0.39 is 5.97 Å². The maximum absolute atomic E-state index is 11.2. The molecule has 0 spiro atoms. The summed E-state index contributed by atoms with van der Waals surface area (Å²) in [4.78, 5) is 11.1. The number of fused-ring (bicyclic) bond motifs is 5. The van der Waals surface area contributed by atoms with Gasteiger partial charge in [0.05, 0.1) is 12.2 Å². The molecule has 3 N–H and O–H groups in total. The normalized spacial score (nSPS) is 51.7. The van der Waals surface area contributed by atoms with E-state index >= 15 is 0 Å². The van der Waals surface area contributed by atoms with E-state index in [-0.39, 0.29) is 29.5 Å². The molecule has 0 amide bonds. The highest BCUT2D eigenvalue weighted by Gasteiger charge is 2.62. The van der Waals surface area contributed by atoms with Crippen LogP contribution >= 0.6 is 0 Å². The molecule has 0 saturated heterocycles. The lowest BCUT2D eigenvalue weighted by molar-refractivity contribution is -0.174. The molecule has 10 atom stereocenters. The first-order valence-electron chi connectivity index (χ1n) is 11.7. The van der Waals surface area contributed by atoms with Crippen LogP contribution in [0.25, 0.3) is 0 Å². The number of hydrogen-bond donors (Lipinski definition) is 3. The summed E-state index contributed by atoms with van der Waals surface area (Å²) in [6.45, 7) is 7.16. The van der Waals surface area contributed by atoms with Gasteiger partial charge < -0.3 is 15.3 Å². The number of carboxylic acid groups (broad SMARTS) is 1. The Morgan fingerprint density at radius 2 is 1.68 bits per heavy atom. The van der Waals surface area contributed by atoms with Crippen LogP contribution in [0.4, 0.5) is 0 Å². The molecule has 0 heterocycles. The molecule has 0 aromatic heterocycles. The molecule has 0 aromatic carbocycles. The van der Waals surface area contributed by atoms with E-state index in [0.717, 1.165) is 32.1 Å². The lowest BCUT2D eigenvalue weighted by Gasteiger charge is -2.62. The number of aliphatic hydroxyl groups is 2. The molecular formula is C24H40O4. The number of aliphatic carboxylic acids is 1. The third kappa shape index (κ3) is 3.14. The van der Waals surface area contributed by atoms with Gasteiger partial charge in [-0.25, -0.2) is 0 Å².